The van der Waals surface area contributed by atoms with E-state index >= 15 is 0 Å². The second-order valence-electron chi connectivity index (χ2n) is 4.85. The van der Waals surface area contributed by atoms with Crippen molar-refractivity contribution in [1.82, 2.24) is 0 Å². The fraction of sp³-hybridized carbons (Fsp3) is 0.125. The molecule has 24 heavy (non-hydrogen) atoms. The molecule has 0 fully saturated rings. The van der Waals surface area contributed by atoms with Gasteiger partial charge in [0.15, 0.2) is 6.61 Å². The molecule has 8 nitrogen and oxygen atoms in total. The highest BCUT2D eigenvalue weighted by molar-refractivity contribution is 5.93. The number of nitro groups is 1. The molecule has 0 heterocycles. The molecule has 0 aliphatic carbocycles. The van der Waals surface area contributed by atoms with Gasteiger partial charge in [-0.25, -0.2) is 0 Å². The quantitative estimate of drug-likeness (QED) is 0.625. The Morgan fingerprint density at radius 1 is 1.08 bits per heavy atom. The van der Waals surface area contributed by atoms with Crippen molar-refractivity contribution in [2.75, 3.05) is 17.2 Å². The van der Waals surface area contributed by atoms with Gasteiger partial charge in [0.05, 0.1) is 11.0 Å². The van der Waals surface area contributed by atoms with Gasteiger partial charge in [-0.15, -0.1) is 0 Å². The topological polar surface area (TPSA) is 111 Å². The molecule has 2 rings (SSSR count). The first kappa shape index (κ1) is 16.9. The number of amides is 2. The van der Waals surface area contributed by atoms with Crippen molar-refractivity contribution >= 4 is 28.9 Å². The standard InChI is InChI=1S/C16H15N3O5/c1-11(20)17-12-5-7-13(8-6-12)18-16(21)10-24-15-4-2-3-14(9-15)19(22)23/h2-9H,10H2,1H3,(H,17,20)(H,18,21). The second-order valence-corrected chi connectivity index (χ2v) is 4.85. The summed E-state index contributed by atoms with van der Waals surface area (Å²) in [7, 11) is 0. The fourth-order valence-electron chi connectivity index (χ4n) is 1.87. The maximum Gasteiger partial charge on any atom is 0.273 e. The zero-order valence-electron chi connectivity index (χ0n) is 12.8. The van der Waals surface area contributed by atoms with Crippen molar-refractivity contribution in [3.63, 3.8) is 0 Å². The van der Waals surface area contributed by atoms with Gasteiger partial charge in [-0.05, 0) is 30.3 Å². The van der Waals surface area contributed by atoms with Crippen LogP contribution in [0.2, 0.25) is 0 Å². The highest BCUT2D eigenvalue weighted by Crippen LogP contribution is 2.19. The van der Waals surface area contributed by atoms with E-state index in [-0.39, 0.29) is 24.0 Å². The minimum Gasteiger partial charge on any atom is -0.484 e. The van der Waals surface area contributed by atoms with E-state index in [1.807, 2.05) is 0 Å². The molecular formula is C16H15N3O5. The Bertz CT molecular complexity index is 759. The molecule has 2 aromatic carbocycles. The molecule has 0 spiro atoms. The Morgan fingerprint density at radius 3 is 2.29 bits per heavy atom. The number of anilines is 2. The van der Waals surface area contributed by atoms with Gasteiger partial charge in [0, 0.05) is 24.4 Å². The largest absolute Gasteiger partial charge is 0.484 e. The van der Waals surface area contributed by atoms with E-state index in [0.29, 0.717) is 11.4 Å². The SMILES string of the molecule is CC(=O)Nc1ccc(NC(=O)COc2cccc([N+](=O)[O-])c2)cc1. The number of nitrogens with zero attached hydrogens (tertiary/aromatic N) is 1. The number of non-ortho nitro benzene ring substituents is 1. The van der Waals surface area contributed by atoms with Gasteiger partial charge in [0.1, 0.15) is 5.75 Å². The summed E-state index contributed by atoms with van der Waals surface area (Å²) in [6.45, 7) is 1.12. The maximum absolute atomic E-state index is 11.8. The molecule has 0 aromatic heterocycles. The number of carbonyl (C=O) groups excluding carboxylic acids is 2. The number of hydrogen-bond donors (Lipinski definition) is 2. The van der Waals surface area contributed by atoms with Crippen LogP contribution in [0.25, 0.3) is 0 Å². The van der Waals surface area contributed by atoms with E-state index in [1.165, 1.54) is 31.2 Å². The van der Waals surface area contributed by atoms with Crippen molar-refractivity contribution in [2.45, 2.75) is 6.92 Å². The summed E-state index contributed by atoms with van der Waals surface area (Å²) in [6.07, 6.45) is 0. The van der Waals surface area contributed by atoms with Crippen LogP contribution in [-0.4, -0.2) is 23.3 Å². The van der Waals surface area contributed by atoms with E-state index in [2.05, 4.69) is 10.6 Å². The predicted molar refractivity (Wildman–Crippen MR) is 88.0 cm³/mol. The van der Waals surface area contributed by atoms with Gasteiger partial charge < -0.3 is 15.4 Å². The summed E-state index contributed by atoms with van der Waals surface area (Å²) >= 11 is 0. The van der Waals surface area contributed by atoms with Crippen LogP contribution in [-0.2, 0) is 9.59 Å². The van der Waals surface area contributed by atoms with E-state index < -0.39 is 10.8 Å². The van der Waals surface area contributed by atoms with E-state index in [4.69, 9.17) is 4.74 Å². The van der Waals surface area contributed by atoms with Crippen LogP contribution in [0.15, 0.2) is 48.5 Å². The first-order chi connectivity index (χ1) is 11.4. The van der Waals surface area contributed by atoms with Crippen LogP contribution in [0.1, 0.15) is 6.92 Å². The molecule has 2 amide bonds. The highest BCUT2D eigenvalue weighted by atomic mass is 16.6. The third kappa shape index (κ3) is 5.09. The van der Waals surface area contributed by atoms with E-state index in [1.54, 1.807) is 24.3 Å². The van der Waals surface area contributed by atoms with Gasteiger partial charge in [-0.3, -0.25) is 19.7 Å². The molecule has 8 heteroatoms. The summed E-state index contributed by atoms with van der Waals surface area (Å²) in [6, 6.07) is 12.2. The fourth-order valence-corrected chi connectivity index (χ4v) is 1.87. The number of nitro benzene ring substituents is 1. The average molecular weight is 329 g/mol. The Kier molecular flexibility index (Phi) is 5.45. The number of carbonyl (C=O) groups is 2. The Morgan fingerprint density at radius 2 is 1.71 bits per heavy atom. The number of hydrogen-bond acceptors (Lipinski definition) is 5. The molecule has 2 N–H and O–H groups in total. The number of ether oxygens (including phenoxy) is 1. The third-order valence-electron chi connectivity index (χ3n) is 2.89. The van der Waals surface area contributed by atoms with Crippen molar-refractivity contribution in [2.24, 2.45) is 0 Å². The Balaban J connectivity index is 1.88. The molecule has 2 aromatic rings. The first-order valence-corrected chi connectivity index (χ1v) is 6.99. The van der Waals surface area contributed by atoms with Gasteiger partial charge in [0.25, 0.3) is 11.6 Å². The number of rotatable bonds is 6. The molecule has 0 bridgehead atoms. The van der Waals surface area contributed by atoms with Gasteiger partial charge in [0.2, 0.25) is 5.91 Å². The average Bonchev–Trinajstić information content (AvgIpc) is 2.54. The number of benzene rings is 2. The van der Waals surface area contributed by atoms with Crippen molar-refractivity contribution < 1.29 is 19.2 Å². The minimum absolute atomic E-state index is 0.110. The minimum atomic E-state index is -0.538. The summed E-state index contributed by atoms with van der Waals surface area (Å²) in [5, 5.41) is 15.9. The molecule has 0 saturated carbocycles. The van der Waals surface area contributed by atoms with Crippen LogP contribution in [0.3, 0.4) is 0 Å². The Hall–Kier alpha value is -3.42. The predicted octanol–water partition coefficient (Wildman–Crippen LogP) is 2.57. The van der Waals surface area contributed by atoms with E-state index in [0.717, 1.165) is 0 Å². The van der Waals surface area contributed by atoms with Crippen LogP contribution >= 0.6 is 0 Å². The molecular weight excluding hydrogens is 314 g/mol. The van der Waals surface area contributed by atoms with Crippen molar-refractivity contribution in [3.05, 3.63) is 58.6 Å². The molecule has 0 aliphatic rings. The third-order valence-corrected chi connectivity index (χ3v) is 2.89. The van der Waals surface area contributed by atoms with Crippen LogP contribution in [0.5, 0.6) is 5.75 Å². The zero-order valence-corrected chi connectivity index (χ0v) is 12.8. The van der Waals surface area contributed by atoms with Crippen molar-refractivity contribution in [3.8, 4) is 5.75 Å². The maximum atomic E-state index is 11.8. The Labute approximate surface area is 137 Å². The smallest absolute Gasteiger partial charge is 0.273 e. The first-order valence-electron chi connectivity index (χ1n) is 6.99. The highest BCUT2D eigenvalue weighted by Gasteiger charge is 2.08. The molecule has 0 radical (unpaired) electrons. The molecule has 0 atom stereocenters. The van der Waals surface area contributed by atoms with Crippen LogP contribution in [0.4, 0.5) is 17.1 Å². The van der Waals surface area contributed by atoms with Crippen LogP contribution < -0.4 is 15.4 Å². The van der Waals surface area contributed by atoms with Crippen LogP contribution in [0, 0.1) is 10.1 Å². The molecule has 124 valence electrons. The lowest BCUT2D eigenvalue weighted by Crippen LogP contribution is -2.20. The molecule has 0 unspecified atom stereocenters. The van der Waals surface area contributed by atoms with Gasteiger partial charge in [-0.2, -0.15) is 0 Å². The number of nitrogens with one attached hydrogen (secondary N) is 2. The lowest BCUT2D eigenvalue weighted by molar-refractivity contribution is -0.384. The molecule has 0 saturated heterocycles. The zero-order chi connectivity index (χ0) is 17.5. The van der Waals surface area contributed by atoms with E-state index in [9.17, 15) is 19.7 Å². The summed E-state index contributed by atoms with van der Waals surface area (Å²) < 4.78 is 5.23. The summed E-state index contributed by atoms with van der Waals surface area (Å²) in [5.74, 6) is -0.355. The lowest BCUT2D eigenvalue weighted by atomic mass is 10.2. The summed E-state index contributed by atoms with van der Waals surface area (Å²) in [4.78, 5) is 32.9. The monoisotopic (exact) mass is 329 g/mol. The second kappa shape index (κ2) is 7.73. The van der Waals surface area contributed by atoms with Gasteiger partial charge >= 0.3 is 0 Å². The normalized spacial score (nSPS) is 9.88. The van der Waals surface area contributed by atoms with Gasteiger partial charge in [-0.1, -0.05) is 6.07 Å². The van der Waals surface area contributed by atoms with Crippen molar-refractivity contribution in [1.29, 1.82) is 0 Å². The molecule has 0 aliphatic heterocycles. The lowest BCUT2D eigenvalue weighted by Gasteiger charge is -2.08. The summed E-state index contributed by atoms with van der Waals surface area (Å²) in [5.41, 5.74) is 1.05.